The van der Waals surface area contributed by atoms with Crippen LogP contribution in [0, 0.1) is 0 Å². The minimum absolute atomic E-state index is 0. The summed E-state index contributed by atoms with van der Waals surface area (Å²) in [5, 5.41) is 9.58. The zero-order valence-electron chi connectivity index (χ0n) is 30.1. The molecule has 2 unspecified atom stereocenters. The van der Waals surface area contributed by atoms with Crippen molar-refractivity contribution in [2.75, 3.05) is 0 Å². The fourth-order valence-corrected chi connectivity index (χ4v) is 5.68. The summed E-state index contributed by atoms with van der Waals surface area (Å²) in [6, 6.07) is 46.1. The Kier molecular flexibility index (Phi) is 19.8. The molecule has 280 valence electrons. The van der Waals surface area contributed by atoms with Crippen molar-refractivity contribution in [3.63, 3.8) is 0 Å². The van der Waals surface area contributed by atoms with E-state index in [0.29, 0.717) is 40.5 Å². The Morgan fingerprint density at radius 1 is 0.456 bits per heavy atom. The van der Waals surface area contributed by atoms with Gasteiger partial charge in [0.2, 0.25) is 0 Å². The topological polar surface area (TPSA) is 107 Å². The molecule has 4 heterocycles. The Labute approximate surface area is 377 Å². The largest absolute Gasteiger partial charge is 0.569 e. The first-order valence-corrected chi connectivity index (χ1v) is 20.6. The standard InChI is InChI=1S/C21H14ClN3.C11H9BNO2.C10H6Cl2N2.H4P2.Y/c22-20-13-19(24-21(25-20)17-5-2-1-3-6-17)16-10-8-15(9-11-16)18-7-4-12-23-14-18;14-12-15-11-5-3-9(4-6-11)10-2-1-7-13-8-10;11-8-6-9(12)14-10(13-8)7-4-2-1-3-5-7;1-2;/h1-14H;1-8,14H;1-6H;1-2H2;. The van der Waals surface area contributed by atoms with Crippen LogP contribution in [0.15, 0.2) is 170 Å². The first-order chi connectivity index (χ1) is 27.4. The van der Waals surface area contributed by atoms with Crippen LogP contribution in [0.1, 0.15) is 0 Å². The average Bonchev–Trinajstić information content (AvgIpc) is 3.26. The molecule has 15 heteroatoms. The van der Waals surface area contributed by atoms with Gasteiger partial charge in [-0.1, -0.05) is 144 Å². The SMILES string of the molecule is Clc1cc(-c2ccc(-c3cccnc3)cc2)nc(-c2ccccc2)n1.Clc1cc(Cl)nc(-c2ccccc2)n1.O[B]Oc1ccc(-c2cccnc2)cc1.PP.[Y]. The van der Waals surface area contributed by atoms with E-state index in [9.17, 15) is 0 Å². The quantitative estimate of drug-likeness (QED) is 0.0957. The van der Waals surface area contributed by atoms with Gasteiger partial charge in [-0.05, 0) is 46.5 Å². The molecule has 8 rings (SSSR count). The molecule has 4 aromatic carbocycles. The maximum absolute atomic E-state index is 8.45. The molecule has 2 radical (unpaired) electrons. The second kappa shape index (κ2) is 24.7. The summed E-state index contributed by atoms with van der Waals surface area (Å²) in [6.07, 6.45) is 7.16. The number of hydrogen-bond donors (Lipinski definition) is 1. The first-order valence-electron chi connectivity index (χ1n) is 16.8. The van der Waals surface area contributed by atoms with Gasteiger partial charge in [-0.2, -0.15) is 0 Å². The minimum Gasteiger partial charge on any atom is -0.537 e. The van der Waals surface area contributed by atoms with Gasteiger partial charge in [-0.25, -0.2) is 19.9 Å². The van der Waals surface area contributed by atoms with Gasteiger partial charge in [-0.15, -0.1) is 17.9 Å². The Bertz CT molecular complexity index is 2360. The number of hydrogen-bond acceptors (Lipinski definition) is 8. The third-order valence-electron chi connectivity index (χ3n) is 7.64. The fourth-order valence-electron chi connectivity index (χ4n) is 5.08. The Hall–Kier alpha value is -4.00. The van der Waals surface area contributed by atoms with Gasteiger partial charge in [0.1, 0.15) is 21.2 Å². The van der Waals surface area contributed by atoms with Crippen molar-refractivity contribution >= 4 is 60.3 Å². The molecule has 0 saturated heterocycles. The zero-order chi connectivity index (χ0) is 39.5. The molecule has 0 aliphatic rings. The molecular formula is C42H33BCl3N6O2P2Y. The molecule has 57 heavy (non-hydrogen) atoms. The molecule has 0 aliphatic carbocycles. The van der Waals surface area contributed by atoms with Gasteiger partial charge in [0.15, 0.2) is 11.6 Å². The van der Waals surface area contributed by atoms with Crippen LogP contribution in [0.5, 0.6) is 5.75 Å². The van der Waals surface area contributed by atoms with E-state index in [0.717, 1.165) is 44.6 Å². The minimum atomic E-state index is 0. The van der Waals surface area contributed by atoms with Gasteiger partial charge in [-0.3, -0.25) is 9.97 Å². The molecule has 0 amide bonds. The van der Waals surface area contributed by atoms with E-state index in [1.54, 1.807) is 36.8 Å². The van der Waals surface area contributed by atoms with Crippen molar-refractivity contribution in [1.29, 1.82) is 0 Å². The van der Waals surface area contributed by atoms with Crippen molar-refractivity contribution in [3.8, 4) is 62.0 Å². The number of benzene rings is 4. The van der Waals surface area contributed by atoms with Crippen LogP contribution in [0.25, 0.3) is 56.3 Å². The number of nitrogens with zero attached hydrogens (tertiary/aromatic N) is 6. The van der Waals surface area contributed by atoms with Crippen LogP contribution < -0.4 is 4.65 Å². The molecule has 8 aromatic rings. The number of halogens is 3. The van der Waals surface area contributed by atoms with Crippen LogP contribution in [-0.4, -0.2) is 42.6 Å². The van der Waals surface area contributed by atoms with E-state index in [-0.39, 0.29) is 32.7 Å². The van der Waals surface area contributed by atoms with E-state index in [4.69, 9.17) is 44.5 Å². The Morgan fingerprint density at radius 3 is 1.30 bits per heavy atom. The van der Waals surface area contributed by atoms with E-state index < -0.39 is 0 Å². The van der Waals surface area contributed by atoms with E-state index >= 15 is 0 Å². The molecule has 1 N–H and O–H groups in total. The van der Waals surface area contributed by atoms with Crippen molar-refractivity contribution in [3.05, 3.63) is 186 Å². The van der Waals surface area contributed by atoms with Gasteiger partial charge >= 0.3 is 7.69 Å². The Morgan fingerprint density at radius 2 is 0.860 bits per heavy atom. The van der Waals surface area contributed by atoms with Crippen LogP contribution in [-0.2, 0) is 32.7 Å². The number of rotatable bonds is 7. The summed E-state index contributed by atoms with van der Waals surface area (Å²) in [5.41, 5.74) is 7.95. The summed E-state index contributed by atoms with van der Waals surface area (Å²) in [4.78, 5) is 25.4. The van der Waals surface area contributed by atoms with Crippen LogP contribution in [0.2, 0.25) is 15.5 Å². The summed E-state index contributed by atoms with van der Waals surface area (Å²) in [7, 11) is 5.33. The van der Waals surface area contributed by atoms with Gasteiger partial charge < -0.3 is 9.68 Å². The first kappa shape index (κ1) is 45.7. The maximum atomic E-state index is 8.45. The normalized spacial score (nSPS) is 9.79. The maximum Gasteiger partial charge on any atom is 0.569 e. The molecule has 0 bridgehead atoms. The molecule has 4 aromatic heterocycles. The molecule has 0 saturated carbocycles. The predicted octanol–water partition coefficient (Wildman–Crippen LogP) is 11.3. The third-order valence-corrected chi connectivity index (χ3v) is 8.22. The van der Waals surface area contributed by atoms with E-state index in [1.165, 1.54) is 6.07 Å². The van der Waals surface area contributed by atoms with Crippen LogP contribution in [0.4, 0.5) is 0 Å². The summed E-state index contributed by atoms with van der Waals surface area (Å²) in [5.74, 6) is 1.77. The molecular weight excluding hydrogens is 889 g/mol. The molecule has 2 atom stereocenters. The van der Waals surface area contributed by atoms with Crippen molar-refractivity contribution in [2.24, 2.45) is 0 Å². The van der Waals surface area contributed by atoms with Crippen molar-refractivity contribution in [2.45, 2.75) is 0 Å². The smallest absolute Gasteiger partial charge is 0.537 e. The zero-order valence-corrected chi connectivity index (χ0v) is 37.6. The number of aromatic nitrogens is 6. The van der Waals surface area contributed by atoms with Crippen molar-refractivity contribution < 1.29 is 42.4 Å². The van der Waals surface area contributed by atoms with Crippen LogP contribution in [0.3, 0.4) is 0 Å². The summed E-state index contributed by atoms with van der Waals surface area (Å²) >= 11 is 17.7. The summed E-state index contributed by atoms with van der Waals surface area (Å²) < 4.78 is 4.81. The van der Waals surface area contributed by atoms with E-state index in [1.807, 2.05) is 115 Å². The molecule has 0 fully saturated rings. The number of pyridine rings is 2. The average molecular weight is 922 g/mol. The molecule has 8 nitrogen and oxygen atoms in total. The summed E-state index contributed by atoms with van der Waals surface area (Å²) in [6.45, 7) is 0. The van der Waals surface area contributed by atoms with E-state index in [2.05, 4.69) is 59.9 Å². The second-order valence-electron chi connectivity index (χ2n) is 11.3. The second-order valence-corrected chi connectivity index (χ2v) is 12.4. The fraction of sp³-hybridized carbons (Fsp3) is 0. The molecule has 0 aliphatic heterocycles. The molecule has 0 spiro atoms. The van der Waals surface area contributed by atoms with Crippen molar-refractivity contribution in [1.82, 2.24) is 29.9 Å². The van der Waals surface area contributed by atoms with Crippen LogP contribution >= 0.6 is 52.7 Å². The van der Waals surface area contributed by atoms with Gasteiger partial charge in [0, 0.05) is 86.3 Å². The van der Waals surface area contributed by atoms with Gasteiger partial charge in [0.25, 0.3) is 0 Å². The predicted molar refractivity (Wildman–Crippen MR) is 236 cm³/mol. The Balaban J connectivity index is 0.000000195. The monoisotopic (exact) mass is 920 g/mol. The van der Waals surface area contributed by atoms with Gasteiger partial charge in [0.05, 0.1) is 5.69 Å². The third kappa shape index (κ3) is 14.4.